The van der Waals surface area contributed by atoms with Crippen LogP contribution in [0.15, 0.2) is 30.3 Å². The zero-order chi connectivity index (χ0) is 14.5. The Hall–Kier alpha value is -0.900. The minimum Gasteiger partial charge on any atom is -0.375 e. The molecule has 2 aliphatic rings. The van der Waals surface area contributed by atoms with E-state index >= 15 is 0 Å². The summed E-state index contributed by atoms with van der Waals surface area (Å²) in [5.74, 6) is 6.52. The molecule has 1 heterocycles. The molecule has 3 N–H and O–H groups in total. The number of hydrogen-bond donors (Lipinski definition) is 2. The summed E-state index contributed by atoms with van der Waals surface area (Å²) in [7, 11) is 0. The van der Waals surface area contributed by atoms with Gasteiger partial charge in [0.2, 0.25) is 0 Å². The van der Waals surface area contributed by atoms with Crippen molar-refractivity contribution in [2.45, 2.75) is 63.0 Å². The minimum absolute atomic E-state index is 0.185. The molecule has 0 amide bonds. The quantitative estimate of drug-likeness (QED) is 0.646. The summed E-state index contributed by atoms with van der Waals surface area (Å²) >= 11 is 0. The number of hydrogen-bond acceptors (Lipinski definition) is 3. The van der Waals surface area contributed by atoms with Crippen LogP contribution >= 0.6 is 0 Å². The van der Waals surface area contributed by atoms with Crippen LogP contribution in [-0.4, -0.2) is 18.2 Å². The fourth-order valence-electron chi connectivity index (χ4n) is 4.20. The smallest absolute Gasteiger partial charge is 0.0685 e. The first-order valence-corrected chi connectivity index (χ1v) is 8.45. The molecule has 2 unspecified atom stereocenters. The van der Waals surface area contributed by atoms with Crippen LogP contribution in [0.1, 0.15) is 50.5 Å². The first-order valence-electron chi connectivity index (χ1n) is 8.45. The van der Waals surface area contributed by atoms with Gasteiger partial charge in [0.25, 0.3) is 0 Å². The van der Waals surface area contributed by atoms with Gasteiger partial charge in [-0.05, 0) is 50.0 Å². The molecule has 0 bridgehead atoms. The average Bonchev–Trinajstić information content (AvgIpc) is 2.97. The van der Waals surface area contributed by atoms with Crippen LogP contribution in [0.4, 0.5) is 0 Å². The number of aryl methyl sites for hydroxylation is 1. The molecule has 2 atom stereocenters. The Morgan fingerprint density at radius 1 is 1.24 bits per heavy atom. The summed E-state index contributed by atoms with van der Waals surface area (Å²) in [6.07, 6.45) is 9.71. The zero-order valence-corrected chi connectivity index (χ0v) is 12.9. The summed E-state index contributed by atoms with van der Waals surface area (Å²) in [5, 5.41) is 0. The number of nitrogens with two attached hydrogens (primary N) is 1. The van der Waals surface area contributed by atoms with Crippen LogP contribution in [-0.2, 0) is 11.2 Å². The largest absolute Gasteiger partial charge is 0.375 e. The van der Waals surface area contributed by atoms with Gasteiger partial charge in [0.1, 0.15) is 0 Å². The topological polar surface area (TPSA) is 47.3 Å². The molecule has 3 heteroatoms. The van der Waals surface area contributed by atoms with Crippen molar-refractivity contribution < 1.29 is 4.74 Å². The van der Waals surface area contributed by atoms with Crippen LogP contribution in [0.3, 0.4) is 0 Å². The van der Waals surface area contributed by atoms with Crippen LogP contribution in [0.2, 0.25) is 0 Å². The van der Waals surface area contributed by atoms with Gasteiger partial charge in [-0.3, -0.25) is 11.3 Å². The third-order valence-corrected chi connectivity index (χ3v) is 5.42. The molecule has 2 fully saturated rings. The van der Waals surface area contributed by atoms with Gasteiger partial charge in [-0.25, -0.2) is 0 Å². The Morgan fingerprint density at radius 2 is 2.00 bits per heavy atom. The summed E-state index contributed by atoms with van der Waals surface area (Å²) in [5.41, 5.74) is 4.68. The third-order valence-electron chi connectivity index (χ3n) is 5.42. The highest BCUT2D eigenvalue weighted by atomic mass is 16.5. The Balaban J connectivity index is 1.57. The van der Waals surface area contributed by atoms with Crippen LogP contribution in [0.5, 0.6) is 0 Å². The molecule has 21 heavy (non-hydrogen) atoms. The molecule has 116 valence electrons. The summed E-state index contributed by atoms with van der Waals surface area (Å²) < 4.78 is 6.15. The van der Waals surface area contributed by atoms with E-state index in [1.807, 2.05) is 0 Å². The first-order chi connectivity index (χ1) is 10.3. The monoisotopic (exact) mass is 288 g/mol. The second-order valence-electron chi connectivity index (χ2n) is 6.79. The molecule has 3 rings (SSSR count). The molecule has 0 radical (unpaired) electrons. The zero-order valence-electron chi connectivity index (χ0n) is 12.9. The molecule has 1 spiro atoms. The number of benzene rings is 1. The van der Waals surface area contributed by atoms with Gasteiger partial charge in [0.05, 0.1) is 5.60 Å². The number of hydrazine groups is 1. The lowest BCUT2D eigenvalue weighted by molar-refractivity contribution is -0.0982. The Bertz CT molecular complexity index is 428. The molecular formula is C18H28N2O. The molecule has 1 saturated carbocycles. The van der Waals surface area contributed by atoms with E-state index in [9.17, 15) is 0 Å². The van der Waals surface area contributed by atoms with E-state index in [2.05, 4.69) is 35.8 Å². The molecule has 3 nitrogen and oxygen atoms in total. The molecule has 1 aliphatic carbocycles. The molecule has 0 aromatic heterocycles. The standard InChI is InChI=1S/C18H28N2O/c19-20-17(9-8-15-6-2-1-3-7-15)16-10-13-21-18(14-16)11-4-5-12-18/h1-3,6-7,16-17,20H,4-5,8-14,19H2. The predicted octanol–water partition coefficient (Wildman–Crippen LogP) is 3.19. The highest BCUT2D eigenvalue weighted by molar-refractivity contribution is 5.14. The predicted molar refractivity (Wildman–Crippen MR) is 85.7 cm³/mol. The van der Waals surface area contributed by atoms with Gasteiger partial charge in [-0.1, -0.05) is 43.2 Å². The van der Waals surface area contributed by atoms with Crippen molar-refractivity contribution in [2.75, 3.05) is 6.61 Å². The molecule has 1 saturated heterocycles. The summed E-state index contributed by atoms with van der Waals surface area (Å²) in [6.45, 7) is 0.911. The Kier molecular flexibility index (Phi) is 4.94. The first kappa shape index (κ1) is 15.0. The van der Waals surface area contributed by atoms with Crippen molar-refractivity contribution >= 4 is 0 Å². The lowest BCUT2D eigenvalue weighted by atomic mass is 9.79. The fourth-order valence-corrected chi connectivity index (χ4v) is 4.20. The lowest BCUT2D eigenvalue weighted by Crippen LogP contribution is -2.48. The maximum Gasteiger partial charge on any atom is 0.0685 e. The van der Waals surface area contributed by atoms with Crippen molar-refractivity contribution in [3.63, 3.8) is 0 Å². The van der Waals surface area contributed by atoms with E-state index < -0.39 is 0 Å². The van der Waals surface area contributed by atoms with Crippen molar-refractivity contribution in [3.05, 3.63) is 35.9 Å². The average molecular weight is 288 g/mol. The van der Waals surface area contributed by atoms with Gasteiger partial charge in [0.15, 0.2) is 0 Å². The van der Waals surface area contributed by atoms with E-state index in [-0.39, 0.29) is 5.60 Å². The van der Waals surface area contributed by atoms with E-state index in [0.717, 1.165) is 25.9 Å². The van der Waals surface area contributed by atoms with Crippen molar-refractivity contribution in [2.24, 2.45) is 11.8 Å². The molecular weight excluding hydrogens is 260 g/mol. The summed E-state index contributed by atoms with van der Waals surface area (Å²) in [4.78, 5) is 0. The van der Waals surface area contributed by atoms with Gasteiger partial charge >= 0.3 is 0 Å². The van der Waals surface area contributed by atoms with Crippen molar-refractivity contribution in [1.29, 1.82) is 0 Å². The molecule has 1 aliphatic heterocycles. The third kappa shape index (κ3) is 3.65. The van der Waals surface area contributed by atoms with E-state index in [1.165, 1.54) is 37.7 Å². The van der Waals surface area contributed by atoms with Crippen LogP contribution in [0.25, 0.3) is 0 Å². The number of ether oxygens (including phenoxy) is 1. The van der Waals surface area contributed by atoms with E-state index in [0.29, 0.717) is 12.0 Å². The maximum absolute atomic E-state index is 6.15. The second-order valence-corrected chi connectivity index (χ2v) is 6.79. The maximum atomic E-state index is 6.15. The van der Waals surface area contributed by atoms with E-state index in [1.54, 1.807) is 0 Å². The molecule has 1 aromatic rings. The minimum atomic E-state index is 0.185. The summed E-state index contributed by atoms with van der Waals surface area (Å²) in [6, 6.07) is 11.1. The fraction of sp³-hybridized carbons (Fsp3) is 0.667. The van der Waals surface area contributed by atoms with Crippen molar-refractivity contribution in [1.82, 2.24) is 5.43 Å². The van der Waals surface area contributed by atoms with Crippen LogP contribution in [0, 0.1) is 5.92 Å². The Morgan fingerprint density at radius 3 is 2.71 bits per heavy atom. The molecule has 1 aromatic carbocycles. The van der Waals surface area contributed by atoms with Crippen LogP contribution < -0.4 is 11.3 Å². The number of nitrogens with one attached hydrogen (secondary N) is 1. The lowest BCUT2D eigenvalue weighted by Gasteiger charge is -2.41. The van der Waals surface area contributed by atoms with E-state index in [4.69, 9.17) is 10.6 Å². The van der Waals surface area contributed by atoms with Gasteiger partial charge < -0.3 is 4.74 Å². The second kappa shape index (κ2) is 6.91. The van der Waals surface area contributed by atoms with Crippen molar-refractivity contribution in [3.8, 4) is 0 Å². The normalized spacial score (nSPS) is 26.0. The van der Waals surface area contributed by atoms with Gasteiger partial charge in [-0.2, -0.15) is 0 Å². The number of rotatable bonds is 5. The highest BCUT2D eigenvalue weighted by Gasteiger charge is 2.41. The SMILES string of the molecule is NNC(CCc1ccccc1)C1CCOC2(CCCC2)C1. The van der Waals surface area contributed by atoms with Gasteiger partial charge in [0, 0.05) is 12.6 Å². The van der Waals surface area contributed by atoms with Gasteiger partial charge in [-0.15, -0.1) is 0 Å². The Labute approximate surface area is 128 Å². The highest BCUT2D eigenvalue weighted by Crippen LogP contribution is 2.43.